The van der Waals surface area contributed by atoms with Gasteiger partial charge in [-0.05, 0) is 18.6 Å². The molecule has 0 aliphatic heterocycles. The van der Waals surface area contributed by atoms with Gasteiger partial charge in [0.05, 0.1) is 5.69 Å². The first-order valence-electron chi connectivity index (χ1n) is 4.73. The van der Waals surface area contributed by atoms with Crippen molar-refractivity contribution in [1.29, 1.82) is 5.26 Å². The molecule has 0 unspecified atom stereocenters. The summed E-state index contributed by atoms with van der Waals surface area (Å²) >= 11 is 5.44. The molecule has 0 fully saturated rings. The van der Waals surface area contributed by atoms with E-state index in [0.717, 1.165) is 0 Å². The van der Waals surface area contributed by atoms with Crippen LogP contribution in [0.15, 0.2) is 18.2 Å². The highest BCUT2D eigenvalue weighted by atomic mass is 35.5. The van der Waals surface area contributed by atoms with Crippen LogP contribution in [-0.2, 0) is 4.79 Å². The number of hydrogen-bond donors (Lipinski definition) is 1. The molecule has 1 amide bonds. The summed E-state index contributed by atoms with van der Waals surface area (Å²) < 4.78 is 13.2. The van der Waals surface area contributed by atoms with Crippen LogP contribution in [0.25, 0.3) is 0 Å². The summed E-state index contributed by atoms with van der Waals surface area (Å²) in [6.45, 7) is 0. The Labute approximate surface area is 97.8 Å². The smallest absolute Gasteiger partial charge is 0.224 e. The maximum absolute atomic E-state index is 13.2. The molecular weight excluding hydrogens is 231 g/mol. The van der Waals surface area contributed by atoms with Crippen molar-refractivity contribution < 1.29 is 9.18 Å². The van der Waals surface area contributed by atoms with Crippen molar-refractivity contribution in [3.8, 4) is 6.07 Å². The van der Waals surface area contributed by atoms with E-state index in [0.29, 0.717) is 12.3 Å². The van der Waals surface area contributed by atoms with Gasteiger partial charge in [0.2, 0.25) is 5.91 Å². The van der Waals surface area contributed by atoms with Gasteiger partial charge in [0.1, 0.15) is 17.4 Å². The van der Waals surface area contributed by atoms with Gasteiger partial charge < -0.3 is 5.32 Å². The largest absolute Gasteiger partial charge is 0.325 e. The quantitative estimate of drug-likeness (QED) is 0.823. The molecule has 1 aromatic rings. The van der Waals surface area contributed by atoms with E-state index in [2.05, 4.69) is 5.32 Å². The molecule has 0 bridgehead atoms. The molecule has 0 saturated heterocycles. The molecular formula is C11H10ClFN2O. The zero-order valence-corrected chi connectivity index (χ0v) is 9.22. The maximum Gasteiger partial charge on any atom is 0.224 e. The SMILES string of the molecule is N#Cc1c(F)cccc1NC(=O)CCCCl. The number of benzene rings is 1. The van der Waals surface area contributed by atoms with Crippen molar-refractivity contribution in [1.82, 2.24) is 0 Å². The van der Waals surface area contributed by atoms with Crippen molar-refractivity contribution in [2.45, 2.75) is 12.8 Å². The number of halogens is 2. The number of carbonyl (C=O) groups is 1. The van der Waals surface area contributed by atoms with Crippen LogP contribution in [0, 0.1) is 17.1 Å². The lowest BCUT2D eigenvalue weighted by molar-refractivity contribution is -0.116. The summed E-state index contributed by atoms with van der Waals surface area (Å²) in [7, 11) is 0. The Bertz CT molecular complexity index is 428. The van der Waals surface area contributed by atoms with Gasteiger partial charge >= 0.3 is 0 Å². The first-order valence-corrected chi connectivity index (χ1v) is 5.27. The summed E-state index contributed by atoms with van der Waals surface area (Å²) in [5.74, 6) is -0.526. The lowest BCUT2D eigenvalue weighted by Gasteiger charge is -2.06. The molecule has 0 radical (unpaired) electrons. The van der Waals surface area contributed by atoms with E-state index in [1.807, 2.05) is 0 Å². The number of nitrogens with zero attached hydrogens (tertiary/aromatic N) is 1. The number of carbonyl (C=O) groups excluding carboxylic acids is 1. The molecule has 0 saturated carbocycles. The van der Waals surface area contributed by atoms with Gasteiger partial charge in [-0.1, -0.05) is 6.07 Å². The van der Waals surface area contributed by atoms with Crippen LogP contribution in [0.4, 0.5) is 10.1 Å². The van der Waals surface area contributed by atoms with E-state index >= 15 is 0 Å². The fourth-order valence-electron chi connectivity index (χ4n) is 1.18. The molecule has 0 spiro atoms. The Balaban J connectivity index is 2.78. The van der Waals surface area contributed by atoms with E-state index in [1.54, 1.807) is 6.07 Å². The Morgan fingerprint density at radius 3 is 2.94 bits per heavy atom. The molecule has 0 aliphatic carbocycles. The Morgan fingerprint density at radius 1 is 1.56 bits per heavy atom. The zero-order valence-electron chi connectivity index (χ0n) is 8.46. The second kappa shape index (κ2) is 6.09. The number of nitriles is 1. The predicted molar refractivity (Wildman–Crippen MR) is 59.7 cm³/mol. The normalized spacial score (nSPS) is 9.56. The van der Waals surface area contributed by atoms with E-state index in [-0.39, 0.29) is 23.6 Å². The van der Waals surface area contributed by atoms with Gasteiger partial charge in [-0.15, -0.1) is 11.6 Å². The third-order valence-electron chi connectivity index (χ3n) is 1.94. The van der Waals surface area contributed by atoms with Crippen LogP contribution in [-0.4, -0.2) is 11.8 Å². The number of anilines is 1. The molecule has 3 nitrogen and oxygen atoms in total. The topological polar surface area (TPSA) is 52.9 Å². The number of rotatable bonds is 4. The predicted octanol–water partition coefficient (Wildman–Crippen LogP) is 2.65. The highest BCUT2D eigenvalue weighted by Crippen LogP contribution is 2.17. The zero-order chi connectivity index (χ0) is 12.0. The number of hydrogen-bond acceptors (Lipinski definition) is 2. The van der Waals surface area contributed by atoms with E-state index < -0.39 is 5.82 Å². The average Bonchev–Trinajstić information content (AvgIpc) is 2.27. The molecule has 0 aromatic heterocycles. The van der Waals surface area contributed by atoms with Crippen molar-refractivity contribution in [2.24, 2.45) is 0 Å². The summed E-state index contributed by atoms with van der Waals surface area (Å²) in [4.78, 5) is 11.3. The molecule has 1 rings (SSSR count). The third-order valence-corrected chi connectivity index (χ3v) is 2.20. The van der Waals surface area contributed by atoms with Crippen molar-refractivity contribution >= 4 is 23.2 Å². The molecule has 1 N–H and O–H groups in total. The van der Waals surface area contributed by atoms with Crippen LogP contribution in [0.1, 0.15) is 18.4 Å². The van der Waals surface area contributed by atoms with E-state index in [9.17, 15) is 9.18 Å². The van der Waals surface area contributed by atoms with E-state index in [1.165, 1.54) is 18.2 Å². The Hall–Kier alpha value is -1.60. The van der Waals surface area contributed by atoms with Crippen molar-refractivity contribution in [3.63, 3.8) is 0 Å². The third kappa shape index (κ3) is 3.21. The minimum Gasteiger partial charge on any atom is -0.325 e. The first-order chi connectivity index (χ1) is 7.69. The number of nitrogens with one attached hydrogen (secondary N) is 1. The summed E-state index contributed by atoms with van der Waals surface area (Å²) in [5, 5.41) is 11.2. The minimum absolute atomic E-state index is 0.151. The second-order valence-electron chi connectivity index (χ2n) is 3.11. The lowest BCUT2D eigenvalue weighted by Crippen LogP contribution is -2.12. The molecule has 84 valence electrons. The van der Waals surface area contributed by atoms with E-state index in [4.69, 9.17) is 16.9 Å². The van der Waals surface area contributed by atoms with Crippen molar-refractivity contribution in [2.75, 3.05) is 11.2 Å². The van der Waals surface area contributed by atoms with Gasteiger partial charge in [-0.3, -0.25) is 4.79 Å². The first kappa shape index (κ1) is 12.5. The number of alkyl halides is 1. The Kier molecular flexibility index (Phi) is 4.74. The average molecular weight is 241 g/mol. The van der Waals surface area contributed by atoms with Gasteiger partial charge in [-0.25, -0.2) is 4.39 Å². The summed E-state index contributed by atoms with van der Waals surface area (Å²) in [6, 6.07) is 5.81. The van der Waals surface area contributed by atoms with Gasteiger partial charge in [0.15, 0.2) is 0 Å². The molecule has 1 aromatic carbocycles. The van der Waals surface area contributed by atoms with Gasteiger partial charge in [0.25, 0.3) is 0 Å². The fraction of sp³-hybridized carbons (Fsp3) is 0.273. The Morgan fingerprint density at radius 2 is 2.31 bits per heavy atom. The maximum atomic E-state index is 13.2. The molecule has 16 heavy (non-hydrogen) atoms. The van der Waals surface area contributed by atoms with Gasteiger partial charge in [-0.2, -0.15) is 5.26 Å². The van der Waals surface area contributed by atoms with Gasteiger partial charge in [0, 0.05) is 12.3 Å². The lowest BCUT2D eigenvalue weighted by atomic mass is 10.2. The molecule has 5 heteroatoms. The highest BCUT2D eigenvalue weighted by Gasteiger charge is 2.09. The molecule has 0 aliphatic rings. The summed E-state index contributed by atoms with van der Waals surface area (Å²) in [6.07, 6.45) is 0.801. The fourth-order valence-corrected chi connectivity index (χ4v) is 1.32. The monoisotopic (exact) mass is 240 g/mol. The summed E-state index contributed by atoms with van der Waals surface area (Å²) in [5.41, 5.74) is 0.0452. The van der Waals surface area contributed by atoms with Crippen LogP contribution in [0.3, 0.4) is 0 Å². The van der Waals surface area contributed by atoms with Crippen LogP contribution >= 0.6 is 11.6 Å². The standard InChI is InChI=1S/C11H10ClFN2O/c12-6-2-5-11(16)15-10-4-1-3-9(13)8(10)7-14/h1,3-4H,2,5-6H2,(H,15,16). The van der Waals surface area contributed by atoms with Crippen LogP contribution in [0.2, 0.25) is 0 Å². The number of amides is 1. The second-order valence-corrected chi connectivity index (χ2v) is 3.49. The van der Waals surface area contributed by atoms with Crippen LogP contribution in [0.5, 0.6) is 0 Å². The minimum atomic E-state index is -0.641. The highest BCUT2D eigenvalue weighted by molar-refractivity contribution is 6.18. The van der Waals surface area contributed by atoms with Crippen molar-refractivity contribution in [3.05, 3.63) is 29.6 Å². The van der Waals surface area contributed by atoms with Crippen LogP contribution < -0.4 is 5.32 Å². The molecule has 0 heterocycles. The molecule has 0 atom stereocenters.